The largest absolute Gasteiger partial charge is 0.468 e. The van der Waals surface area contributed by atoms with Crippen molar-refractivity contribution < 1.29 is 19.1 Å². The van der Waals surface area contributed by atoms with Gasteiger partial charge in [-0.2, -0.15) is 0 Å². The van der Waals surface area contributed by atoms with Crippen molar-refractivity contribution in [1.29, 1.82) is 0 Å². The van der Waals surface area contributed by atoms with Gasteiger partial charge in [0.2, 0.25) is 0 Å². The Bertz CT molecular complexity index is 836. The van der Waals surface area contributed by atoms with E-state index in [1.54, 1.807) is 0 Å². The second-order valence-electron chi connectivity index (χ2n) is 7.91. The van der Waals surface area contributed by atoms with Gasteiger partial charge in [0.05, 0.1) is 7.11 Å². The van der Waals surface area contributed by atoms with Gasteiger partial charge in [-0.05, 0) is 34.6 Å². The topological polar surface area (TPSA) is 76.7 Å². The molecule has 0 saturated carbocycles. The summed E-state index contributed by atoms with van der Waals surface area (Å²) in [6, 6.07) is 16.1. The van der Waals surface area contributed by atoms with Gasteiger partial charge in [-0.1, -0.05) is 62.4 Å². The molecule has 2 aromatic rings. The highest BCUT2D eigenvalue weighted by Gasteiger charge is 2.29. The molecule has 0 heterocycles. The molecule has 0 aromatic heterocycles. The summed E-state index contributed by atoms with van der Waals surface area (Å²) in [5.74, 6) is 0.109. The fraction of sp³-hybridized carbons (Fsp3) is 0.417. The Labute approximate surface area is 178 Å². The van der Waals surface area contributed by atoms with Crippen LogP contribution in [0.3, 0.4) is 0 Å². The highest BCUT2D eigenvalue weighted by atomic mass is 16.5. The molecule has 1 atom stereocenters. The van der Waals surface area contributed by atoms with Crippen molar-refractivity contribution in [2.75, 3.05) is 26.8 Å². The molecule has 160 valence electrons. The monoisotopic (exact) mass is 410 g/mol. The number of fused-ring (bicyclic) bond motifs is 3. The molecule has 6 heteroatoms. The molecule has 1 aliphatic rings. The molecule has 0 aliphatic heterocycles. The van der Waals surface area contributed by atoms with Gasteiger partial charge in [0, 0.05) is 19.0 Å². The quantitative estimate of drug-likeness (QED) is 0.487. The first-order chi connectivity index (χ1) is 14.5. The van der Waals surface area contributed by atoms with Crippen molar-refractivity contribution in [3.63, 3.8) is 0 Å². The van der Waals surface area contributed by atoms with E-state index in [2.05, 4.69) is 34.9 Å². The summed E-state index contributed by atoms with van der Waals surface area (Å²) < 4.78 is 10.3. The third-order valence-electron chi connectivity index (χ3n) is 5.32. The molecule has 30 heavy (non-hydrogen) atoms. The maximum absolute atomic E-state index is 12.2. The summed E-state index contributed by atoms with van der Waals surface area (Å²) in [4.78, 5) is 24.0. The second-order valence-corrected chi connectivity index (χ2v) is 7.91. The number of hydrogen-bond donors (Lipinski definition) is 2. The Morgan fingerprint density at radius 2 is 1.57 bits per heavy atom. The molecule has 1 aliphatic carbocycles. The molecule has 0 unspecified atom stereocenters. The summed E-state index contributed by atoms with van der Waals surface area (Å²) in [7, 11) is 1.38. The van der Waals surface area contributed by atoms with Crippen molar-refractivity contribution in [2.24, 2.45) is 5.92 Å². The molecule has 0 radical (unpaired) electrons. The number of rotatable bonds is 9. The molecule has 0 saturated heterocycles. The Hall–Kier alpha value is -2.86. The molecule has 6 nitrogen and oxygen atoms in total. The number of hydrogen-bond acceptors (Lipinski definition) is 5. The summed E-state index contributed by atoms with van der Waals surface area (Å²) >= 11 is 0. The standard InChI is InChI=1S/C24H30N2O4/c1-16(2)14-22(23(27)29-3)25-12-13-26-24(28)30-15-21-19-10-6-4-8-17(19)18-9-5-7-11-20(18)21/h4-11,16,21-22,25H,12-15H2,1-3H3,(H,26,28)/t22-/m0/s1. The molecule has 0 fully saturated rings. The average molecular weight is 411 g/mol. The fourth-order valence-electron chi connectivity index (χ4n) is 3.94. The smallest absolute Gasteiger partial charge is 0.407 e. The number of amides is 1. The Balaban J connectivity index is 1.48. The number of esters is 1. The van der Waals surface area contributed by atoms with E-state index in [1.165, 1.54) is 29.4 Å². The van der Waals surface area contributed by atoms with Crippen molar-refractivity contribution in [2.45, 2.75) is 32.2 Å². The van der Waals surface area contributed by atoms with E-state index in [1.807, 2.05) is 38.1 Å². The first-order valence-electron chi connectivity index (χ1n) is 10.4. The molecule has 1 amide bonds. The second kappa shape index (κ2) is 10.3. The number of ether oxygens (including phenoxy) is 2. The highest BCUT2D eigenvalue weighted by Crippen LogP contribution is 2.44. The van der Waals surface area contributed by atoms with Gasteiger partial charge in [-0.25, -0.2) is 4.79 Å². The van der Waals surface area contributed by atoms with Crippen LogP contribution in [0, 0.1) is 5.92 Å². The fourth-order valence-corrected chi connectivity index (χ4v) is 3.94. The summed E-state index contributed by atoms with van der Waals surface area (Å²) in [5, 5.41) is 5.88. The van der Waals surface area contributed by atoms with Crippen LogP contribution >= 0.6 is 0 Å². The van der Waals surface area contributed by atoms with E-state index in [-0.39, 0.29) is 24.5 Å². The number of methoxy groups -OCH3 is 1. The highest BCUT2D eigenvalue weighted by molar-refractivity contribution is 5.79. The molecule has 0 bridgehead atoms. The lowest BCUT2D eigenvalue weighted by atomic mass is 9.98. The van der Waals surface area contributed by atoms with Crippen LogP contribution < -0.4 is 10.6 Å². The van der Waals surface area contributed by atoms with Gasteiger partial charge in [0.1, 0.15) is 12.6 Å². The first kappa shape index (κ1) is 21.8. The first-order valence-corrected chi connectivity index (χ1v) is 10.4. The van der Waals surface area contributed by atoms with E-state index in [9.17, 15) is 9.59 Å². The van der Waals surface area contributed by atoms with Crippen LogP contribution in [0.5, 0.6) is 0 Å². The number of nitrogens with one attached hydrogen (secondary N) is 2. The van der Waals surface area contributed by atoms with Gasteiger partial charge in [-0.3, -0.25) is 4.79 Å². The zero-order valence-electron chi connectivity index (χ0n) is 17.8. The van der Waals surface area contributed by atoms with Crippen LogP contribution in [0.15, 0.2) is 48.5 Å². The van der Waals surface area contributed by atoms with E-state index in [0.717, 1.165) is 0 Å². The van der Waals surface area contributed by atoms with Crippen molar-refractivity contribution in [3.8, 4) is 11.1 Å². The summed E-state index contributed by atoms with van der Waals surface area (Å²) in [5.41, 5.74) is 4.76. The maximum atomic E-state index is 12.2. The van der Waals surface area contributed by atoms with Gasteiger partial charge >= 0.3 is 12.1 Å². The van der Waals surface area contributed by atoms with Crippen LogP contribution in [0.25, 0.3) is 11.1 Å². The van der Waals surface area contributed by atoms with Crippen molar-refractivity contribution >= 4 is 12.1 Å². The van der Waals surface area contributed by atoms with Gasteiger partial charge in [0.15, 0.2) is 0 Å². The van der Waals surface area contributed by atoms with Crippen LogP contribution in [0.1, 0.15) is 37.3 Å². The van der Waals surface area contributed by atoms with E-state index >= 15 is 0 Å². The molecule has 3 rings (SSSR count). The lowest BCUT2D eigenvalue weighted by molar-refractivity contribution is -0.143. The number of carbonyl (C=O) groups is 2. The van der Waals surface area contributed by atoms with Crippen LogP contribution in [-0.2, 0) is 14.3 Å². The zero-order valence-corrected chi connectivity index (χ0v) is 17.8. The predicted molar refractivity (Wildman–Crippen MR) is 116 cm³/mol. The van der Waals surface area contributed by atoms with Crippen LogP contribution in [0.2, 0.25) is 0 Å². The Morgan fingerprint density at radius 1 is 0.967 bits per heavy atom. The van der Waals surface area contributed by atoms with Crippen LogP contribution in [0.4, 0.5) is 4.79 Å². The Morgan fingerprint density at radius 3 is 2.13 bits per heavy atom. The normalized spacial score (nSPS) is 13.5. The van der Waals surface area contributed by atoms with E-state index < -0.39 is 6.09 Å². The van der Waals surface area contributed by atoms with E-state index in [4.69, 9.17) is 9.47 Å². The number of alkyl carbamates (subject to hydrolysis) is 1. The minimum absolute atomic E-state index is 0.0380. The summed E-state index contributed by atoms with van der Waals surface area (Å²) in [6.45, 7) is 5.20. The minimum atomic E-state index is -0.461. The third kappa shape index (κ3) is 5.19. The SMILES string of the molecule is COC(=O)[C@H](CC(C)C)NCCNC(=O)OCC1c2ccccc2-c2ccccc21. The average Bonchev–Trinajstić information content (AvgIpc) is 3.07. The molecule has 0 spiro atoms. The lowest BCUT2D eigenvalue weighted by Crippen LogP contribution is -2.42. The molecular formula is C24H30N2O4. The Kier molecular flexibility index (Phi) is 7.46. The maximum Gasteiger partial charge on any atom is 0.407 e. The number of carbonyl (C=O) groups excluding carboxylic acids is 2. The number of benzene rings is 2. The predicted octanol–water partition coefficient (Wildman–Crippen LogP) is 3.70. The van der Waals surface area contributed by atoms with Crippen LogP contribution in [-0.4, -0.2) is 44.9 Å². The zero-order chi connectivity index (χ0) is 21.5. The van der Waals surface area contributed by atoms with Gasteiger partial charge in [0.25, 0.3) is 0 Å². The van der Waals surface area contributed by atoms with Gasteiger partial charge in [-0.15, -0.1) is 0 Å². The van der Waals surface area contributed by atoms with Crippen molar-refractivity contribution in [3.05, 3.63) is 59.7 Å². The van der Waals surface area contributed by atoms with Gasteiger partial charge < -0.3 is 20.1 Å². The molecule has 2 aromatic carbocycles. The third-order valence-corrected chi connectivity index (χ3v) is 5.32. The van der Waals surface area contributed by atoms with E-state index in [0.29, 0.717) is 25.4 Å². The summed E-state index contributed by atoms with van der Waals surface area (Å²) in [6.07, 6.45) is 0.217. The lowest BCUT2D eigenvalue weighted by Gasteiger charge is -2.18. The molecule has 2 N–H and O–H groups in total. The van der Waals surface area contributed by atoms with Crippen molar-refractivity contribution in [1.82, 2.24) is 10.6 Å². The molecular weight excluding hydrogens is 380 g/mol. The minimum Gasteiger partial charge on any atom is -0.468 e.